The summed E-state index contributed by atoms with van der Waals surface area (Å²) in [6, 6.07) is 12.9. The standard InChI is InChI=1S/C19H15BrN2O4S/c1-25-14-7-4-12(8-15-17(23)21-19(27)22-18(15)24)16(9-14)26-10-11-2-5-13(20)6-3-11/h2-9H,10H2,1H3,(H2,21,22,23,24,27). The SMILES string of the molecule is COc1ccc(C=C2C(=O)NC(=S)NC2=O)c(OCc2ccc(Br)cc2)c1. The second-order valence-corrected chi connectivity index (χ2v) is 6.94. The molecule has 3 rings (SSSR count). The van der Waals surface area contributed by atoms with E-state index in [1.54, 1.807) is 25.3 Å². The molecule has 27 heavy (non-hydrogen) atoms. The van der Waals surface area contributed by atoms with Gasteiger partial charge in [0.15, 0.2) is 5.11 Å². The molecular formula is C19H15BrN2O4S. The van der Waals surface area contributed by atoms with Crippen molar-refractivity contribution in [2.75, 3.05) is 7.11 Å². The highest BCUT2D eigenvalue weighted by Gasteiger charge is 2.26. The zero-order valence-corrected chi connectivity index (χ0v) is 16.6. The summed E-state index contributed by atoms with van der Waals surface area (Å²) in [4.78, 5) is 24.1. The number of carbonyl (C=O) groups excluding carboxylic acids is 2. The second kappa shape index (κ2) is 8.32. The molecule has 138 valence electrons. The molecule has 0 unspecified atom stereocenters. The second-order valence-electron chi connectivity index (χ2n) is 5.61. The molecule has 0 atom stereocenters. The van der Waals surface area contributed by atoms with Crippen molar-refractivity contribution < 1.29 is 19.1 Å². The first-order chi connectivity index (χ1) is 13.0. The molecule has 0 aliphatic carbocycles. The fraction of sp³-hybridized carbons (Fsp3) is 0.105. The lowest BCUT2D eigenvalue weighted by atomic mass is 10.1. The maximum atomic E-state index is 12.1. The first-order valence-electron chi connectivity index (χ1n) is 7.90. The molecule has 2 amide bonds. The predicted octanol–water partition coefficient (Wildman–Crippen LogP) is 2.95. The third kappa shape index (κ3) is 4.72. The Labute approximate surface area is 169 Å². The molecule has 1 saturated heterocycles. The monoisotopic (exact) mass is 446 g/mol. The minimum atomic E-state index is -0.557. The van der Waals surface area contributed by atoms with Crippen LogP contribution in [0.2, 0.25) is 0 Å². The predicted molar refractivity (Wildman–Crippen MR) is 108 cm³/mol. The molecule has 0 saturated carbocycles. The van der Waals surface area contributed by atoms with Gasteiger partial charge in [0, 0.05) is 16.1 Å². The van der Waals surface area contributed by atoms with Crippen LogP contribution in [-0.2, 0) is 16.2 Å². The molecule has 0 radical (unpaired) electrons. The first-order valence-corrected chi connectivity index (χ1v) is 9.10. The van der Waals surface area contributed by atoms with Crippen LogP contribution in [-0.4, -0.2) is 24.0 Å². The molecule has 2 N–H and O–H groups in total. The van der Waals surface area contributed by atoms with Crippen molar-refractivity contribution >= 4 is 51.2 Å². The van der Waals surface area contributed by atoms with Gasteiger partial charge in [0.25, 0.3) is 11.8 Å². The van der Waals surface area contributed by atoms with Crippen molar-refractivity contribution in [3.8, 4) is 11.5 Å². The molecule has 2 aromatic rings. The van der Waals surface area contributed by atoms with Crippen LogP contribution in [0.3, 0.4) is 0 Å². The fourth-order valence-corrected chi connectivity index (χ4v) is 2.84. The van der Waals surface area contributed by atoms with Crippen LogP contribution in [0.15, 0.2) is 52.5 Å². The Morgan fingerprint density at radius 2 is 1.74 bits per heavy atom. The van der Waals surface area contributed by atoms with Gasteiger partial charge in [0.2, 0.25) is 0 Å². The van der Waals surface area contributed by atoms with Gasteiger partial charge in [-0.15, -0.1) is 0 Å². The molecule has 1 aliphatic rings. The van der Waals surface area contributed by atoms with Gasteiger partial charge in [-0.2, -0.15) is 0 Å². The summed E-state index contributed by atoms with van der Waals surface area (Å²) in [6.07, 6.45) is 1.46. The number of rotatable bonds is 5. The summed E-state index contributed by atoms with van der Waals surface area (Å²) in [5, 5.41) is 4.80. The Balaban J connectivity index is 1.89. The number of carbonyl (C=O) groups is 2. The minimum absolute atomic E-state index is 0.0106. The third-order valence-electron chi connectivity index (χ3n) is 3.77. The van der Waals surface area contributed by atoms with Crippen LogP contribution in [0, 0.1) is 0 Å². The summed E-state index contributed by atoms with van der Waals surface area (Å²) in [7, 11) is 1.55. The molecule has 0 bridgehead atoms. The van der Waals surface area contributed by atoms with E-state index < -0.39 is 11.8 Å². The molecule has 8 heteroatoms. The van der Waals surface area contributed by atoms with Crippen LogP contribution >= 0.6 is 28.1 Å². The summed E-state index contributed by atoms with van der Waals surface area (Å²) < 4.78 is 12.1. The summed E-state index contributed by atoms with van der Waals surface area (Å²) in [5.74, 6) is -0.0305. The normalized spacial score (nSPS) is 13.7. The van der Waals surface area contributed by atoms with E-state index in [1.165, 1.54) is 6.08 Å². The highest BCUT2D eigenvalue weighted by Crippen LogP contribution is 2.28. The van der Waals surface area contributed by atoms with Gasteiger partial charge in [0.05, 0.1) is 7.11 Å². The average Bonchev–Trinajstić information content (AvgIpc) is 2.64. The zero-order chi connectivity index (χ0) is 19.4. The van der Waals surface area contributed by atoms with Gasteiger partial charge in [0.1, 0.15) is 23.7 Å². The van der Waals surface area contributed by atoms with E-state index in [9.17, 15) is 9.59 Å². The van der Waals surface area contributed by atoms with Gasteiger partial charge in [-0.25, -0.2) is 0 Å². The summed E-state index contributed by atoms with van der Waals surface area (Å²) in [6.45, 7) is 0.319. The number of methoxy groups -OCH3 is 1. The van der Waals surface area contributed by atoms with E-state index in [4.69, 9.17) is 21.7 Å². The number of nitrogens with one attached hydrogen (secondary N) is 2. The number of ether oxygens (including phenoxy) is 2. The summed E-state index contributed by atoms with van der Waals surface area (Å²) >= 11 is 8.20. The zero-order valence-electron chi connectivity index (χ0n) is 14.2. The largest absolute Gasteiger partial charge is 0.497 e. The van der Waals surface area contributed by atoms with Gasteiger partial charge >= 0.3 is 0 Å². The van der Waals surface area contributed by atoms with E-state index in [0.29, 0.717) is 23.7 Å². The smallest absolute Gasteiger partial charge is 0.263 e. The Kier molecular flexibility index (Phi) is 5.88. The average molecular weight is 447 g/mol. The minimum Gasteiger partial charge on any atom is -0.497 e. The topological polar surface area (TPSA) is 76.7 Å². The number of amides is 2. The van der Waals surface area contributed by atoms with E-state index >= 15 is 0 Å². The van der Waals surface area contributed by atoms with Gasteiger partial charge < -0.3 is 9.47 Å². The molecule has 2 aromatic carbocycles. The Hall–Kier alpha value is -2.71. The lowest BCUT2D eigenvalue weighted by Gasteiger charge is -2.17. The van der Waals surface area contributed by atoms with Crippen LogP contribution in [0.1, 0.15) is 11.1 Å². The number of halogens is 1. The Morgan fingerprint density at radius 1 is 1.07 bits per heavy atom. The molecule has 1 fully saturated rings. The van der Waals surface area contributed by atoms with Crippen molar-refractivity contribution in [2.45, 2.75) is 6.61 Å². The van der Waals surface area contributed by atoms with Crippen molar-refractivity contribution in [2.24, 2.45) is 0 Å². The Bertz CT molecular complexity index is 919. The van der Waals surface area contributed by atoms with E-state index in [0.717, 1.165) is 10.0 Å². The molecule has 0 aromatic heterocycles. The summed E-state index contributed by atoms with van der Waals surface area (Å²) in [5.41, 5.74) is 1.49. The van der Waals surface area contributed by atoms with Gasteiger partial charge in [-0.1, -0.05) is 28.1 Å². The van der Waals surface area contributed by atoms with Crippen LogP contribution in [0.25, 0.3) is 6.08 Å². The van der Waals surface area contributed by atoms with Crippen LogP contribution in [0.4, 0.5) is 0 Å². The first kappa shape index (κ1) is 19.1. The fourth-order valence-electron chi connectivity index (χ4n) is 2.39. The highest BCUT2D eigenvalue weighted by molar-refractivity contribution is 9.10. The number of hydrogen-bond donors (Lipinski definition) is 2. The Morgan fingerprint density at radius 3 is 2.37 bits per heavy atom. The lowest BCUT2D eigenvalue weighted by Crippen LogP contribution is -2.51. The quantitative estimate of drug-likeness (QED) is 0.419. The van der Waals surface area contributed by atoms with E-state index in [2.05, 4.69) is 26.6 Å². The van der Waals surface area contributed by atoms with Gasteiger partial charge in [-0.3, -0.25) is 20.2 Å². The van der Waals surface area contributed by atoms with Gasteiger partial charge in [-0.05, 0) is 48.1 Å². The van der Waals surface area contributed by atoms with Crippen molar-refractivity contribution in [3.05, 3.63) is 63.6 Å². The molecule has 6 nitrogen and oxygen atoms in total. The lowest BCUT2D eigenvalue weighted by molar-refractivity contribution is -0.123. The van der Waals surface area contributed by atoms with Crippen molar-refractivity contribution in [1.29, 1.82) is 0 Å². The molecule has 1 aliphatic heterocycles. The number of benzene rings is 2. The van der Waals surface area contributed by atoms with Crippen LogP contribution in [0.5, 0.6) is 11.5 Å². The van der Waals surface area contributed by atoms with E-state index in [-0.39, 0.29) is 10.7 Å². The van der Waals surface area contributed by atoms with Crippen LogP contribution < -0.4 is 20.1 Å². The maximum absolute atomic E-state index is 12.1. The molecular weight excluding hydrogens is 432 g/mol. The highest BCUT2D eigenvalue weighted by atomic mass is 79.9. The van der Waals surface area contributed by atoms with E-state index in [1.807, 2.05) is 24.3 Å². The molecule has 1 heterocycles. The van der Waals surface area contributed by atoms with Crippen molar-refractivity contribution in [1.82, 2.24) is 10.6 Å². The maximum Gasteiger partial charge on any atom is 0.263 e. The molecule has 0 spiro atoms. The number of thiocarbonyl (C=S) groups is 1. The number of hydrogen-bond acceptors (Lipinski definition) is 5. The third-order valence-corrected chi connectivity index (χ3v) is 4.50. The van der Waals surface area contributed by atoms with Crippen molar-refractivity contribution in [3.63, 3.8) is 0 Å².